The van der Waals surface area contributed by atoms with Gasteiger partial charge in [0.25, 0.3) is 11.8 Å². The minimum absolute atomic E-state index is 0.318. The van der Waals surface area contributed by atoms with Crippen LogP contribution in [0.3, 0.4) is 0 Å². The summed E-state index contributed by atoms with van der Waals surface area (Å²) in [5.41, 5.74) is 3.63. The van der Waals surface area contributed by atoms with Crippen molar-refractivity contribution in [1.29, 1.82) is 0 Å². The second-order valence-electron chi connectivity index (χ2n) is 5.22. The monoisotopic (exact) mass is 383 g/mol. The minimum Gasteiger partial charge on any atom is -0.321 e. The molecule has 5 nitrogen and oxygen atoms in total. The average molecular weight is 384 g/mol. The van der Waals surface area contributed by atoms with Gasteiger partial charge in [-0.1, -0.05) is 29.8 Å². The maximum Gasteiger partial charge on any atom is 0.273 e. The summed E-state index contributed by atoms with van der Waals surface area (Å²) in [5.74, 6) is -0.742. The van der Waals surface area contributed by atoms with Crippen LogP contribution in [0.15, 0.2) is 71.1 Å². The second-order valence-corrected chi connectivity index (χ2v) is 6.64. The van der Waals surface area contributed by atoms with Crippen LogP contribution in [0, 0.1) is 0 Å². The van der Waals surface area contributed by atoms with Gasteiger partial charge in [0.1, 0.15) is 0 Å². The van der Waals surface area contributed by atoms with E-state index in [-0.39, 0.29) is 5.91 Å². The molecule has 2 N–H and O–H groups in total. The highest BCUT2D eigenvalue weighted by atomic mass is 35.5. The first-order chi connectivity index (χ1) is 12.6. The third kappa shape index (κ3) is 4.56. The van der Waals surface area contributed by atoms with Crippen molar-refractivity contribution >= 4 is 46.7 Å². The van der Waals surface area contributed by atoms with Gasteiger partial charge in [0.15, 0.2) is 0 Å². The molecule has 0 fully saturated rings. The van der Waals surface area contributed by atoms with E-state index in [9.17, 15) is 9.59 Å². The third-order valence-corrected chi connectivity index (χ3v) is 4.49. The standard InChI is InChI=1S/C19H14ClN3O2S/c20-14-9-7-13(8-10-14)18(24)22-17-6-2-1-5-16(17)19(25)23-21-12-15-4-3-11-26-15/h1-12H,(H,22,24)(H,23,25)/b21-12+. The zero-order valence-electron chi connectivity index (χ0n) is 13.5. The first-order valence-corrected chi connectivity index (χ1v) is 8.92. The van der Waals surface area contributed by atoms with Crippen molar-refractivity contribution in [2.24, 2.45) is 5.10 Å². The summed E-state index contributed by atoms with van der Waals surface area (Å²) >= 11 is 7.35. The Morgan fingerprint density at radius 2 is 1.73 bits per heavy atom. The molecule has 1 heterocycles. The Morgan fingerprint density at radius 1 is 0.962 bits per heavy atom. The molecule has 0 aliphatic rings. The lowest BCUT2D eigenvalue weighted by Crippen LogP contribution is -2.21. The Hall–Kier alpha value is -2.96. The zero-order valence-corrected chi connectivity index (χ0v) is 15.1. The molecular formula is C19H14ClN3O2S. The second kappa shape index (κ2) is 8.42. The molecule has 7 heteroatoms. The van der Waals surface area contributed by atoms with Crippen LogP contribution in [0.25, 0.3) is 0 Å². The van der Waals surface area contributed by atoms with Gasteiger partial charge in [0.2, 0.25) is 0 Å². The number of thiophene rings is 1. The van der Waals surface area contributed by atoms with E-state index in [1.807, 2.05) is 17.5 Å². The molecule has 26 heavy (non-hydrogen) atoms. The van der Waals surface area contributed by atoms with E-state index in [2.05, 4.69) is 15.8 Å². The maximum absolute atomic E-state index is 12.4. The molecule has 0 aliphatic heterocycles. The Balaban J connectivity index is 1.72. The average Bonchev–Trinajstić information content (AvgIpc) is 3.16. The summed E-state index contributed by atoms with van der Waals surface area (Å²) in [5, 5.41) is 9.14. The van der Waals surface area contributed by atoms with Crippen LogP contribution < -0.4 is 10.7 Å². The number of rotatable bonds is 5. The van der Waals surface area contributed by atoms with Gasteiger partial charge in [-0.25, -0.2) is 5.43 Å². The van der Waals surface area contributed by atoms with Crippen molar-refractivity contribution in [3.8, 4) is 0 Å². The molecule has 2 amide bonds. The molecule has 0 radical (unpaired) electrons. The Morgan fingerprint density at radius 3 is 2.46 bits per heavy atom. The van der Waals surface area contributed by atoms with Crippen molar-refractivity contribution in [2.75, 3.05) is 5.32 Å². The molecule has 0 atom stereocenters. The SMILES string of the molecule is O=C(Nc1ccccc1C(=O)N/N=C/c1cccs1)c1ccc(Cl)cc1. The lowest BCUT2D eigenvalue weighted by Gasteiger charge is -2.10. The summed E-state index contributed by atoms with van der Waals surface area (Å²) in [6.07, 6.45) is 1.57. The van der Waals surface area contributed by atoms with Crippen LogP contribution >= 0.6 is 22.9 Å². The van der Waals surface area contributed by atoms with E-state index in [4.69, 9.17) is 11.6 Å². The van der Waals surface area contributed by atoms with Crippen LogP contribution in [0.2, 0.25) is 5.02 Å². The Labute approximate surface area is 159 Å². The third-order valence-electron chi connectivity index (χ3n) is 3.43. The van der Waals surface area contributed by atoms with Gasteiger partial charge in [0.05, 0.1) is 17.5 Å². The smallest absolute Gasteiger partial charge is 0.273 e. The predicted molar refractivity (Wildman–Crippen MR) is 105 cm³/mol. The van der Waals surface area contributed by atoms with E-state index < -0.39 is 5.91 Å². The number of amides is 2. The fourth-order valence-electron chi connectivity index (χ4n) is 2.17. The fourth-order valence-corrected chi connectivity index (χ4v) is 2.88. The number of halogens is 1. The largest absolute Gasteiger partial charge is 0.321 e. The van der Waals surface area contributed by atoms with Gasteiger partial charge in [0, 0.05) is 15.5 Å². The van der Waals surface area contributed by atoms with Gasteiger partial charge in [-0.15, -0.1) is 11.3 Å². The summed E-state index contributed by atoms with van der Waals surface area (Å²) in [6.45, 7) is 0. The molecule has 3 aromatic rings. The predicted octanol–water partition coefficient (Wildman–Crippen LogP) is 4.42. The van der Waals surface area contributed by atoms with Crippen LogP contribution in [0.4, 0.5) is 5.69 Å². The number of hydrogen-bond acceptors (Lipinski definition) is 4. The lowest BCUT2D eigenvalue weighted by molar-refractivity contribution is 0.0956. The number of benzene rings is 2. The summed E-state index contributed by atoms with van der Waals surface area (Å²) in [7, 11) is 0. The molecular weight excluding hydrogens is 370 g/mol. The molecule has 3 rings (SSSR count). The topological polar surface area (TPSA) is 70.6 Å². The van der Waals surface area contributed by atoms with Gasteiger partial charge >= 0.3 is 0 Å². The molecule has 2 aromatic carbocycles. The fraction of sp³-hybridized carbons (Fsp3) is 0. The molecule has 130 valence electrons. The van der Waals surface area contributed by atoms with Gasteiger partial charge < -0.3 is 5.32 Å². The van der Waals surface area contributed by atoms with Gasteiger partial charge in [-0.3, -0.25) is 9.59 Å². The first-order valence-electron chi connectivity index (χ1n) is 7.66. The number of anilines is 1. The number of para-hydroxylation sites is 1. The molecule has 0 aliphatic carbocycles. The number of hydrogen-bond donors (Lipinski definition) is 2. The highest BCUT2D eigenvalue weighted by Crippen LogP contribution is 2.17. The van der Waals surface area contributed by atoms with Crippen molar-refractivity contribution in [3.63, 3.8) is 0 Å². The number of hydrazone groups is 1. The summed E-state index contributed by atoms with van der Waals surface area (Å²) < 4.78 is 0. The van der Waals surface area contributed by atoms with Gasteiger partial charge in [-0.2, -0.15) is 5.10 Å². The van der Waals surface area contributed by atoms with Crippen LogP contribution in [0.1, 0.15) is 25.6 Å². The quantitative estimate of drug-likeness (QED) is 0.505. The van der Waals surface area contributed by atoms with E-state index in [1.54, 1.807) is 54.7 Å². The van der Waals surface area contributed by atoms with E-state index in [1.165, 1.54) is 11.3 Å². The Kier molecular flexibility index (Phi) is 5.78. The highest BCUT2D eigenvalue weighted by Gasteiger charge is 2.13. The molecule has 0 bridgehead atoms. The minimum atomic E-state index is -0.412. The number of nitrogens with one attached hydrogen (secondary N) is 2. The van der Waals surface area contributed by atoms with E-state index in [0.29, 0.717) is 21.8 Å². The van der Waals surface area contributed by atoms with Gasteiger partial charge in [-0.05, 0) is 47.8 Å². The molecule has 0 saturated heterocycles. The van der Waals surface area contributed by atoms with Crippen LogP contribution in [-0.4, -0.2) is 18.0 Å². The number of nitrogens with zero attached hydrogens (tertiary/aromatic N) is 1. The normalized spacial score (nSPS) is 10.7. The van der Waals surface area contributed by atoms with Crippen molar-refractivity contribution in [2.45, 2.75) is 0 Å². The number of carbonyl (C=O) groups excluding carboxylic acids is 2. The zero-order chi connectivity index (χ0) is 18.4. The number of carbonyl (C=O) groups is 2. The first kappa shape index (κ1) is 17.8. The van der Waals surface area contributed by atoms with Crippen molar-refractivity contribution in [3.05, 3.63) is 87.1 Å². The Bertz CT molecular complexity index is 938. The molecule has 0 spiro atoms. The van der Waals surface area contributed by atoms with Crippen LogP contribution in [-0.2, 0) is 0 Å². The summed E-state index contributed by atoms with van der Waals surface area (Å²) in [6, 6.07) is 17.0. The van der Waals surface area contributed by atoms with E-state index in [0.717, 1.165) is 4.88 Å². The van der Waals surface area contributed by atoms with Crippen molar-refractivity contribution < 1.29 is 9.59 Å². The molecule has 1 aromatic heterocycles. The lowest BCUT2D eigenvalue weighted by atomic mass is 10.1. The molecule has 0 saturated carbocycles. The maximum atomic E-state index is 12.4. The summed E-state index contributed by atoms with van der Waals surface area (Å²) in [4.78, 5) is 25.6. The highest BCUT2D eigenvalue weighted by molar-refractivity contribution is 7.11. The van der Waals surface area contributed by atoms with Crippen molar-refractivity contribution in [1.82, 2.24) is 5.43 Å². The van der Waals surface area contributed by atoms with E-state index >= 15 is 0 Å². The van der Waals surface area contributed by atoms with Crippen LogP contribution in [0.5, 0.6) is 0 Å². The molecule has 0 unspecified atom stereocenters.